The quantitative estimate of drug-likeness (QED) is 0.279. The van der Waals surface area contributed by atoms with Crippen molar-refractivity contribution in [2.75, 3.05) is 19.0 Å². The Hall–Kier alpha value is -1.21. The van der Waals surface area contributed by atoms with Gasteiger partial charge < -0.3 is 15.2 Å². The number of carbonyl (C=O) groups is 2. The fourth-order valence-corrected chi connectivity index (χ4v) is 0.947. The summed E-state index contributed by atoms with van der Waals surface area (Å²) in [5.74, 6) is -0.884. The third kappa shape index (κ3) is 6.81. The smallest absolute Gasteiger partial charge is 0.408 e. The van der Waals surface area contributed by atoms with Crippen LogP contribution in [0.3, 0.4) is 0 Å². The number of aliphatic carboxylic acids is 1. The molecule has 7 heteroatoms. The molecule has 0 aliphatic carbocycles. The Bertz CT molecular complexity index is 235. The number of thiol groups is 1. The number of carbonyl (C=O) groups excluding carboxylic acids is 1. The van der Waals surface area contributed by atoms with Crippen molar-refractivity contribution in [1.82, 2.24) is 10.6 Å². The average Bonchev–Trinajstić information content (AvgIpc) is 2.20. The van der Waals surface area contributed by atoms with Gasteiger partial charge in [-0.2, -0.15) is 12.6 Å². The number of amides is 1. The maximum absolute atomic E-state index is 10.9. The fraction of sp³-hybridized carbons (Fsp3) is 0.500. The van der Waals surface area contributed by atoms with Gasteiger partial charge in [-0.15, -0.1) is 0 Å². The van der Waals surface area contributed by atoms with Crippen LogP contribution < -0.4 is 10.6 Å². The highest BCUT2D eigenvalue weighted by atomic mass is 32.1. The average molecular weight is 234 g/mol. The zero-order valence-corrected chi connectivity index (χ0v) is 9.00. The molecule has 0 bridgehead atoms. The summed E-state index contributed by atoms with van der Waals surface area (Å²) in [6.07, 6.45) is 0.798. The Balaban J connectivity index is 3.63. The first-order chi connectivity index (χ1) is 7.11. The molecule has 0 spiro atoms. The second-order valence-electron chi connectivity index (χ2n) is 2.52. The van der Waals surface area contributed by atoms with Crippen molar-refractivity contribution in [3.05, 3.63) is 12.7 Å². The van der Waals surface area contributed by atoms with Gasteiger partial charge in [-0.25, -0.2) is 4.79 Å². The van der Waals surface area contributed by atoms with Crippen LogP contribution in [-0.2, 0) is 9.53 Å². The van der Waals surface area contributed by atoms with Crippen LogP contribution in [0.4, 0.5) is 4.79 Å². The summed E-state index contributed by atoms with van der Waals surface area (Å²) in [5.41, 5.74) is 0. The van der Waals surface area contributed by atoms with Gasteiger partial charge in [0.1, 0.15) is 12.6 Å². The van der Waals surface area contributed by atoms with Gasteiger partial charge in [0.05, 0.1) is 6.67 Å². The highest BCUT2D eigenvalue weighted by Crippen LogP contribution is 1.86. The largest absolute Gasteiger partial charge is 0.480 e. The third-order valence-electron chi connectivity index (χ3n) is 1.39. The van der Waals surface area contributed by atoms with Crippen molar-refractivity contribution >= 4 is 24.7 Å². The SMILES string of the molecule is C=CCOC(=O)NCNC(CS)C(=O)O. The molecule has 0 fully saturated rings. The van der Waals surface area contributed by atoms with Crippen LogP contribution >= 0.6 is 12.6 Å². The topological polar surface area (TPSA) is 87.7 Å². The van der Waals surface area contributed by atoms with Crippen LogP contribution in [0, 0.1) is 0 Å². The normalized spacial score (nSPS) is 11.5. The van der Waals surface area contributed by atoms with Crippen molar-refractivity contribution in [2.45, 2.75) is 6.04 Å². The molecule has 1 atom stereocenters. The molecular formula is C8H14N2O4S. The molecule has 0 saturated carbocycles. The van der Waals surface area contributed by atoms with Crippen LogP contribution in [0.25, 0.3) is 0 Å². The minimum atomic E-state index is -1.02. The molecule has 1 amide bonds. The summed E-state index contributed by atoms with van der Waals surface area (Å²) in [7, 11) is 0. The van der Waals surface area contributed by atoms with Gasteiger partial charge in [-0.3, -0.25) is 10.1 Å². The number of carboxylic acids is 1. The molecule has 0 aromatic rings. The van der Waals surface area contributed by atoms with Gasteiger partial charge in [0, 0.05) is 5.75 Å². The summed E-state index contributed by atoms with van der Waals surface area (Å²) in [6.45, 7) is 3.49. The van der Waals surface area contributed by atoms with E-state index in [1.165, 1.54) is 6.08 Å². The van der Waals surface area contributed by atoms with Crippen molar-refractivity contribution < 1.29 is 19.4 Å². The van der Waals surface area contributed by atoms with Crippen molar-refractivity contribution in [1.29, 1.82) is 0 Å². The molecule has 0 heterocycles. The lowest BCUT2D eigenvalue weighted by atomic mass is 10.3. The lowest BCUT2D eigenvalue weighted by Crippen LogP contribution is -2.44. The van der Waals surface area contributed by atoms with Crippen LogP contribution in [0.5, 0.6) is 0 Å². The number of ether oxygens (including phenoxy) is 1. The summed E-state index contributed by atoms with van der Waals surface area (Å²) < 4.78 is 4.59. The van der Waals surface area contributed by atoms with E-state index in [-0.39, 0.29) is 19.0 Å². The second-order valence-corrected chi connectivity index (χ2v) is 2.88. The summed E-state index contributed by atoms with van der Waals surface area (Å²) >= 11 is 3.84. The highest BCUT2D eigenvalue weighted by molar-refractivity contribution is 7.80. The molecule has 0 aromatic heterocycles. The number of hydrogen-bond acceptors (Lipinski definition) is 5. The van der Waals surface area contributed by atoms with Gasteiger partial charge in [0.2, 0.25) is 0 Å². The van der Waals surface area contributed by atoms with Crippen molar-refractivity contribution in [3.63, 3.8) is 0 Å². The highest BCUT2D eigenvalue weighted by Gasteiger charge is 2.14. The molecule has 86 valence electrons. The Morgan fingerprint density at radius 3 is 2.73 bits per heavy atom. The Morgan fingerprint density at radius 2 is 2.27 bits per heavy atom. The first-order valence-electron chi connectivity index (χ1n) is 4.20. The number of nitrogens with one attached hydrogen (secondary N) is 2. The molecule has 6 nitrogen and oxygen atoms in total. The van der Waals surface area contributed by atoms with Crippen LogP contribution in [0.1, 0.15) is 0 Å². The van der Waals surface area contributed by atoms with E-state index < -0.39 is 18.1 Å². The third-order valence-corrected chi connectivity index (χ3v) is 1.76. The molecule has 0 aromatic carbocycles. The predicted molar refractivity (Wildman–Crippen MR) is 58.0 cm³/mol. The lowest BCUT2D eigenvalue weighted by Gasteiger charge is -2.12. The number of rotatable bonds is 7. The minimum Gasteiger partial charge on any atom is -0.480 e. The summed E-state index contributed by atoms with van der Waals surface area (Å²) in [4.78, 5) is 21.4. The molecule has 0 rings (SSSR count). The Labute approximate surface area is 93.1 Å². The van der Waals surface area contributed by atoms with Crippen LogP contribution in [0.2, 0.25) is 0 Å². The Kier molecular flexibility index (Phi) is 7.47. The van der Waals surface area contributed by atoms with E-state index in [2.05, 4.69) is 34.6 Å². The number of alkyl carbamates (subject to hydrolysis) is 1. The Morgan fingerprint density at radius 1 is 1.60 bits per heavy atom. The predicted octanol–water partition coefficient (Wildman–Crippen LogP) is -0.171. The van der Waals surface area contributed by atoms with Crippen LogP contribution in [0.15, 0.2) is 12.7 Å². The molecule has 0 aliphatic rings. The first kappa shape index (κ1) is 13.8. The monoisotopic (exact) mass is 234 g/mol. The lowest BCUT2D eigenvalue weighted by molar-refractivity contribution is -0.138. The summed E-state index contributed by atoms with van der Waals surface area (Å²) in [6, 6.07) is -0.798. The van der Waals surface area contributed by atoms with Crippen molar-refractivity contribution in [2.24, 2.45) is 0 Å². The van der Waals surface area contributed by atoms with E-state index >= 15 is 0 Å². The van der Waals surface area contributed by atoms with E-state index in [0.717, 1.165) is 0 Å². The maximum Gasteiger partial charge on any atom is 0.408 e. The van der Waals surface area contributed by atoms with E-state index in [9.17, 15) is 9.59 Å². The maximum atomic E-state index is 10.9. The molecule has 15 heavy (non-hydrogen) atoms. The molecule has 1 unspecified atom stereocenters. The van der Waals surface area contributed by atoms with E-state index in [0.29, 0.717) is 0 Å². The first-order valence-corrected chi connectivity index (χ1v) is 4.83. The number of hydrogen-bond donors (Lipinski definition) is 4. The van der Waals surface area contributed by atoms with Gasteiger partial charge in [-0.1, -0.05) is 12.7 Å². The molecule has 3 N–H and O–H groups in total. The van der Waals surface area contributed by atoms with E-state index in [1.54, 1.807) is 0 Å². The molecule has 0 saturated heterocycles. The van der Waals surface area contributed by atoms with Gasteiger partial charge in [0.25, 0.3) is 0 Å². The molecular weight excluding hydrogens is 220 g/mol. The number of carboxylic acid groups (broad SMARTS) is 1. The molecule has 0 radical (unpaired) electrons. The zero-order chi connectivity index (χ0) is 11.7. The standard InChI is InChI=1S/C8H14N2O4S/c1-2-3-14-8(13)10-5-9-6(4-15)7(11)12/h2,6,9,15H,1,3-5H2,(H,10,13)(H,11,12). The molecule has 0 aliphatic heterocycles. The van der Waals surface area contributed by atoms with Gasteiger partial charge in [-0.05, 0) is 0 Å². The zero-order valence-electron chi connectivity index (χ0n) is 8.10. The van der Waals surface area contributed by atoms with E-state index in [1.807, 2.05) is 0 Å². The summed E-state index contributed by atoms with van der Waals surface area (Å²) in [5, 5.41) is 13.5. The fourth-order valence-electron chi connectivity index (χ4n) is 0.662. The minimum absolute atomic E-state index is 0.00744. The van der Waals surface area contributed by atoms with Gasteiger partial charge in [0.15, 0.2) is 0 Å². The van der Waals surface area contributed by atoms with E-state index in [4.69, 9.17) is 5.11 Å². The second kappa shape index (κ2) is 8.13. The van der Waals surface area contributed by atoms with Gasteiger partial charge >= 0.3 is 12.1 Å². The van der Waals surface area contributed by atoms with Crippen LogP contribution in [-0.4, -0.2) is 42.2 Å². The van der Waals surface area contributed by atoms with Crippen molar-refractivity contribution in [3.8, 4) is 0 Å².